The number of amides is 2. The van der Waals surface area contributed by atoms with Crippen molar-refractivity contribution in [1.29, 1.82) is 0 Å². The summed E-state index contributed by atoms with van der Waals surface area (Å²) in [6.45, 7) is 3.90. The number of hydrogen-bond donors (Lipinski definition) is 2. The molecule has 2 amide bonds. The summed E-state index contributed by atoms with van der Waals surface area (Å²) < 4.78 is 11.1. The Morgan fingerprint density at radius 1 is 1.09 bits per heavy atom. The van der Waals surface area contributed by atoms with Crippen molar-refractivity contribution in [3.05, 3.63) is 66.3 Å². The minimum Gasteiger partial charge on any atom is -0.493 e. The monoisotopic (exact) mass is 434 g/mol. The molecule has 0 aliphatic heterocycles. The van der Waals surface area contributed by atoms with Gasteiger partial charge < -0.3 is 20.1 Å². The topological polar surface area (TPSA) is 76.7 Å². The number of hydrogen-bond acceptors (Lipinski definition) is 4. The number of benzene rings is 2. The van der Waals surface area contributed by atoms with Gasteiger partial charge in [0.1, 0.15) is 0 Å². The molecule has 1 aliphatic carbocycles. The number of ether oxygens (including phenoxy) is 2. The fourth-order valence-corrected chi connectivity index (χ4v) is 3.49. The van der Waals surface area contributed by atoms with Crippen molar-refractivity contribution in [3.8, 4) is 11.5 Å². The largest absolute Gasteiger partial charge is 0.493 e. The van der Waals surface area contributed by atoms with Crippen molar-refractivity contribution < 1.29 is 19.1 Å². The number of para-hydroxylation sites is 2. The zero-order valence-electron chi connectivity index (χ0n) is 18.8. The van der Waals surface area contributed by atoms with Crippen LogP contribution in [0.3, 0.4) is 0 Å². The fourth-order valence-electron chi connectivity index (χ4n) is 3.49. The smallest absolute Gasteiger partial charge is 0.248 e. The summed E-state index contributed by atoms with van der Waals surface area (Å²) >= 11 is 0. The second-order valence-electron chi connectivity index (χ2n) is 7.96. The lowest BCUT2D eigenvalue weighted by Crippen LogP contribution is -2.17. The number of nitrogens with one attached hydrogen (secondary N) is 2. The zero-order chi connectivity index (χ0) is 22.9. The van der Waals surface area contributed by atoms with Gasteiger partial charge in [0.25, 0.3) is 0 Å². The first-order chi connectivity index (χ1) is 15.4. The molecule has 2 aromatic carbocycles. The lowest BCUT2D eigenvalue weighted by atomic mass is 10.0. The SMILES string of the molecule is COc1cc(/C=C/C(=O)Nc2ccccc2NC(=O)CC2C=CCC2)ccc1OC(C)C. The van der Waals surface area contributed by atoms with E-state index in [0.29, 0.717) is 29.3 Å². The van der Waals surface area contributed by atoms with Gasteiger partial charge in [-0.05, 0) is 68.5 Å². The van der Waals surface area contributed by atoms with Gasteiger partial charge in [-0.2, -0.15) is 0 Å². The lowest BCUT2D eigenvalue weighted by Gasteiger charge is -2.14. The molecular formula is C26H30N2O4. The summed E-state index contributed by atoms with van der Waals surface area (Å²) in [6, 6.07) is 12.7. The van der Waals surface area contributed by atoms with Crippen LogP contribution in [0.2, 0.25) is 0 Å². The van der Waals surface area contributed by atoms with Gasteiger partial charge in [-0.1, -0.05) is 30.4 Å². The minimum atomic E-state index is -0.299. The molecule has 0 spiro atoms. The van der Waals surface area contributed by atoms with E-state index < -0.39 is 0 Å². The van der Waals surface area contributed by atoms with Crippen molar-refractivity contribution in [2.45, 2.75) is 39.2 Å². The van der Waals surface area contributed by atoms with Crippen LogP contribution in [-0.2, 0) is 9.59 Å². The molecule has 0 bridgehead atoms. The number of carbonyl (C=O) groups is 2. The first kappa shape index (κ1) is 23.1. The predicted octanol–water partition coefficient (Wildman–Crippen LogP) is 5.43. The van der Waals surface area contributed by atoms with E-state index in [-0.39, 0.29) is 23.8 Å². The highest BCUT2D eigenvalue weighted by Crippen LogP contribution is 2.29. The van der Waals surface area contributed by atoms with Gasteiger partial charge >= 0.3 is 0 Å². The highest BCUT2D eigenvalue weighted by molar-refractivity contribution is 6.05. The molecule has 0 fully saturated rings. The average molecular weight is 435 g/mol. The summed E-state index contributed by atoms with van der Waals surface area (Å²) in [5, 5.41) is 5.75. The summed E-state index contributed by atoms with van der Waals surface area (Å²) in [5.41, 5.74) is 1.94. The van der Waals surface area contributed by atoms with Crippen LogP contribution in [0, 0.1) is 5.92 Å². The van der Waals surface area contributed by atoms with Gasteiger partial charge in [-0.15, -0.1) is 0 Å². The van der Waals surface area contributed by atoms with Crippen molar-refractivity contribution in [2.24, 2.45) is 5.92 Å². The molecule has 0 saturated heterocycles. The van der Waals surface area contributed by atoms with Gasteiger partial charge in [0.2, 0.25) is 11.8 Å². The van der Waals surface area contributed by atoms with E-state index in [9.17, 15) is 9.59 Å². The third kappa shape index (κ3) is 6.74. The van der Waals surface area contributed by atoms with Gasteiger partial charge in [-0.25, -0.2) is 0 Å². The molecular weight excluding hydrogens is 404 g/mol. The molecule has 1 aliphatic rings. The van der Waals surface area contributed by atoms with Gasteiger partial charge in [0, 0.05) is 12.5 Å². The van der Waals surface area contributed by atoms with Crippen LogP contribution in [0.4, 0.5) is 11.4 Å². The molecule has 168 valence electrons. The Morgan fingerprint density at radius 2 is 1.84 bits per heavy atom. The Hall–Kier alpha value is -3.54. The second-order valence-corrected chi connectivity index (χ2v) is 7.96. The summed E-state index contributed by atoms with van der Waals surface area (Å²) in [6.07, 6.45) is 9.85. The molecule has 3 rings (SSSR count). The first-order valence-corrected chi connectivity index (χ1v) is 10.8. The van der Waals surface area contributed by atoms with Crippen LogP contribution in [0.25, 0.3) is 6.08 Å². The third-order valence-electron chi connectivity index (χ3n) is 5.00. The Kier molecular flexibility index (Phi) is 8.08. The van der Waals surface area contributed by atoms with Crippen molar-refractivity contribution in [2.75, 3.05) is 17.7 Å². The van der Waals surface area contributed by atoms with Crippen LogP contribution in [0.1, 0.15) is 38.7 Å². The van der Waals surface area contributed by atoms with Crippen molar-refractivity contribution >= 4 is 29.3 Å². The van der Waals surface area contributed by atoms with Crippen LogP contribution in [0.5, 0.6) is 11.5 Å². The number of carbonyl (C=O) groups excluding carboxylic acids is 2. The molecule has 0 aromatic heterocycles. The van der Waals surface area contributed by atoms with Crippen molar-refractivity contribution in [1.82, 2.24) is 0 Å². The molecule has 0 heterocycles. The van der Waals surface area contributed by atoms with E-state index in [0.717, 1.165) is 18.4 Å². The average Bonchev–Trinajstić information content (AvgIpc) is 3.27. The molecule has 0 radical (unpaired) electrons. The molecule has 1 unspecified atom stereocenters. The molecule has 32 heavy (non-hydrogen) atoms. The lowest BCUT2D eigenvalue weighted by molar-refractivity contribution is -0.117. The van der Waals surface area contributed by atoms with E-state index in [1.807, 2.05) is 44.2 Å². The van der Waals surface area contributed by atoms with Gasteiger partial charge in [-0.3, -0.25) is 9.59 Å². The number of anilines is 2. The Bertz CT molecular complexity index is 1010. The highest BCUT2D eigenvalue weighted by atomic mass is 16.5. The summed E-state index contributed by atoms with van der Waals surface area (Å²) in [5.74, 6) is 1.18. The van der Waals surface area contributed by atoms with Gasteiger partial charge in [0.15, 0.2) is 11.5 Å². The predicted molar refractivity (Wildman–Crippen MR) is 128 cm³/mol. The Balaban J connectivity index is 1.63. The third-order valence-corrected chi connectivity index (χ3v) is 5.00. The highest BCUT2D eigenvalue weighted by Gasteiger charge is 2.15. The quantitative estimate of drug-likeness (QED) is 0.408. The molecule has 2 N–H and O–H groups in total. The van der Waals surface area contributed by atoms with E-state index in [4.69, 9.17) is 9.47 Å². The maximum atomic E-state index is 12.5. The van der Waals surface area contributed by atoms with E-state index >= 15 is 0 Å². The first-order valence-electron chi connectivity index (χ1n) is 10.8. The minimum absolute atomic E-state index is 0.0336. The molecule has 6 heteroatoms. The Morgan fingerprint density at radius 3 is 2.50 bits per heavy atom. The maximum Gasteiger partial charge on any atom is 0.248 e. The maximum absolute atomic E-state index is 12.5. The van der Waals surface area contributed by atoms with Crippen LogP contribution < -0.4 is 20.1 Å². The summed E-state index contributed by atoms with van der Waals surface area (Å²) in [7, 11) is 1.58. The van der Waals surface area contributed by atoms with E-state index in [2.05, 4.69) is 22.8 Å². The standard InChI is InChI=1S/C26H30N2O4/c1-18(2)32-23-14-12-20(16-24(23)31-3)13-15-25(29)27-21-10-6-7-11-22(21)28-26(30)17-19-8-4-5-9-19/h4,6-8,10-16,18-19H,5,9,17H2,1-3H3,(H,27,29)(H,28,30)/b15-13+. The number of rotatable bonds is 9. The van der Waals surface area contributed by atoms with Gasteiger partial charge in [0.05, 0.1) is 24.6 Å². The molecule has 6 nitrogen and oxygen atoms in total. The normalized spacial score (nSPS) is 15.2. The summed E-state index contributed by atoms with van der Waals surface area (Å²) in [4.78, 5) is 24.9. The number of allylic oxidation sites excluding steroid dienone is 2. The van der Waals surface area contributed by atoms with Crippen LogP contribution in [-0.4, -0.2) is 25.0 Å². The molecule has 2 aromatic rings. The van der Waals surface area contributed by atoms with Crippen molar-refractivity contribution in [3.63, 3.8) is 0 Å². The molecule has 1 atom stereocenters. The van der Waals surface area contributed by atoms with Crippen LogP contribution in [0.15, 0.2) is 60.7 Å². The number of methoxy groups -OCH3 is 1. The molecule has 0 saturated carbocycles. The Labute approximate surface area is 189 Å². The second kappa shape index (κ2) is 11.2. The zero-order valence-corrected chi connectivity index (χ0v) is 18.8. The van der Waals surface area contributed by atoms with Crippen LogP contribution >= 0.6 is 0 Å². The fraction of sp³-hybridized carbons (Fsp3) is 0.308. The van der Waals surface area contributed by atoms with E-state index in [1.54, 1.807) is 25.3 Å². The van der Waals surface area contributed by atoms with E-state index in [1.165, 1.54) is 6.08 Å².